The molecular weight excluding hydrogens is 302 g/mol. The monoisotopic (exact) mass is 312 g/mol. The number of hydrogen-bond donors (Lipinski definition) is 1. The zero-order valence-electron chi connectivity index (χ0n) is 10.7. The molecule has 2 rings (SSSR count). The maximum atomic E-state index is 12.4. The Hall–Kier alpha value is -2.21. The Morgan fingerprint density at radius 1 is 1.19 bits per heavy atom. The normalized spacial score (nSPS) is 10.7. The van der Waals surface area contributed by atoms with Gasteiger partial charge in [0.05, 0.1) is 15.6 Å². The predicted octanol–water partition coefficient (Wildman–Crippen LogP) is 4.80. The summed E-state index contributed by atoms with van der Waals surface area (Å²) in [5.41, 5.74) is 1.06. The fraction of sp³-hybridized carbons (Fsp3) is 0.143. The summed E-state index contributed by atoms with van der Waals surface area (Å²) in [4.78, 5) is 10.2. The fourth-order valence-corrected chi connectivity index (χ4v) is 1.92. The van der Waals surface area contributed by atoms with Crippen molar-refractivity contribution in [3.05, 3.63) is 68.7 Å². The smallest absolute Gasteiger partial charge is 0.271 e. The number of nitro benzene ring substituents is 1. The summed E-state index contributed by atoms with van der Waals surface area (Å²) in [7, 11) is 0. The first kappa shape index (κ1) is 15.2. The molecule has 2 aromatic rings. The fourth-order valence-electron chi connectivity index (χ4n) is 1.74. The van der Waals surface area contributed by atoms with Crippen LogP contribution in [0.4, 0.5) is 20.2 Å². The van der Waals surface area contributed by atoms with Gasteiger partial charge >= 0.3 is 0 Å². The van der Waals surface area contributed by atoms with Gasteiger partial charge < -0.3 is 5.32 Å². The summed E-state index contributed by atoms with van der Waals surface area (Å²) in [5, 5.41) is 14.0. The highest BCUT2D eigenvalue weighted by atomic mass is 35.5. The molecule has 0 amide bonds. The van der Waals surface area contributed by atoms with Crippen LogP contribution in [0.25, 0.3) is 0 Å². The van der Waals surface area contributed by atoms with Gasteiger partial charge in [-0.25, -0.2) is 8.78 Å². The minimum Gasteiger partial charge on any atom is -0.380 e. The lowest BCUT2D eigenvalue weighted by atomic mass is 10.1. The Kier molecular flexibility index (Phi) is 4.70. The van der Waals surface area contributed by atoms with Crippen molar-refractivity contribution in [3.63, 3.8) is 0 Å². The third-order valence-corrected chi connectivity index (χ3v) is 3.21. The Labute approximate surface area is 124 Å². The molecule has 0 saturated carbocycles. The van der Waals surface area contributed by atoms with Crippen LogP contribution < -0.4 is 5.32 Å². The molecule has 4 nitrogen and oxygen atoms in total. The van der Waals surface area contributed by atoms with E-state index < -0.39 is 11.3 Å². The van der Waals surface area contributed by atoms with Gasteiger partial charge in [0.25, 0.3) is 12.1 Å². The van der Waals surface area contributed by atoms with Crippen molar-refractivity contribution in [3.8, 4) is 0 Å². The first-order chi connectivity index (χ1) is 9.97. The van der Waals surface area contributed by atoms with Gasteiger partial charge in [-0.15, -0.1) is 0 Å². The molecule has 0 saturated heterocycles. The van der Waals surface area contributed by atoms with E-state index in [1.807, 2.05) is 0 Å². The minimum atomic E-state index is -2.50. The molecule has 21 heavy (non-hydrogen) atoms. The first-order valence-corrected chi connectivity index (χ1v) is 6.40. The van der Waals surface area contributed by atoms with E-state index in [0.29, 0.717) is 17.3 Å². The summed E-state index contributed by atoms with van der Waals surface area (Å²) >= 11 is 5.95. The molecule has 0 aliphatic carbocycles. The summed E-state index contributed by atoms with van der Waals surface area (Å²) < 4.78 is 24.9. The summed E-state index contributed by atoms with van der Waals surface area (Å²) in [6.07, 6.45) is -2.50. The van der Waals surface area contributed by atoms with Crippen molar-refractivity contribution in [2.75, 3.05) is 5.32 Å². The summed E-state index contributed by atoms with van der Waals surface area (Å²) in [6.45, 7) is 0.324. The van der Waals surface area contributed by atoms with Crippen LogP contribution in [0.1, 0.15) is 17.6 Å². The molecule has 0 fully saturated rings. The first-order valence-electron chi connectivity index (χ1n) is 6.02. The maximum absolute atomic E-state index is 12.4. The number of halogens is 3. The van der Waals surface area contributed by atoms with Gasteiger partial charge in [-0.1, -0.05) is 35.9 Å². The minimum absolute atomic E-state index is 0.0490. The van der Waals surface area contributed by atoms with E-state index in [9.17, 15) is 18.9 Å². The number of alkyl halides is 2. The van der Waals surface area contributed by atoms with Crippen molar-refractivity contribution >= 4 is 23.0 Å². The average molecular weight is 313 g/mol. The zero-order valence-corrected chi connectivity index (χ0v) is 11.5. The molecule has 1 N–H and O–H groups in total. The van der Waals surface area contributed by atoms with Crippen molar-refractivity contribution in [1.82, 2.24) is 0 Å². The molecule has 0 aliphatic rings. The van der Waals surface area contributed by atoms with Crippen LogP contribution in [0.3, 0.4) is 0 Å². The van der Waals surface area contributed by atoms with E-state index in [0.717, 1.165) is 5.56 Å². The molecule has 7 heteroatoms. The third-order valence-electron chi connectivity index (χ3n) is 2.88. The Bertz CT molecular complexity index is 648. The molecule has 110 valence electrons. The Morgan fingerprint density at radius 3 is 2.43 bits per heavy atom. The Balaban J connectivity index is 2.09. The van der Waals surface area contributed by atoms with Gasteiger partial charge in [0.2, 0.25) is 0 Å². The number of nitrogens with one attached hydrogen (secondary N) is 1. The van der Waals surface area contributed by atoms with Crippen molar-refractivity contribution in [2.45, 2.75) is 13.0 Å². The summed E-state index contributed by atoms with van der Waals surface area (Å²) in [6, 6.07) is 9.90. The lowest BCUT2D eigenvalue weighted by molar-refractivity contribution is -0.384. The van der Waals surface area contributed by atoms with Gasteiger partial charge in [-0.05, 0) is 11.6 Å². The highest BCUT2D eigenvalue weighted by molar-refractivity contribution is 6.33. The second kappa shape index (κ2) is 6.49. The van der Waals surface area contributed by atoms with Crippen LogP contribution in [0, 0.1) is 10.1 Å². The number of non-ortho nitro benzene ring substituents is 1. The standard InChI is InChI=1S/C14H11ClF2N2O2/c15-12-6-5-11(19(20)21)7-13(12)18-8-9-1-3-10(4-2-9)14(16)17/h1-7,14,18H,8H2. The second-order valence-corrected chi connectivity index (χ2v) is 4.72. The quantitative estimate of drug-likeness (QED) is 0.637. The van der Waals surface area contributed by atoms with Crippen LogP contribution in [-0.2, 0) is 6.54 Å². The number of nitro groups is 1. The number of benzene rings is 2. The van der Waals surface area contributed by atoms with E-state index in [2.05, 4.69) is 5.32 Å². The van der Waals surface area contributed by atoms with Gasteiger partial charge in [0.1, 0.15) is 0 Å². The highest BCUT2D eigenvalue weighted by Crippen LogP contribution is 2.27. The molecule has 0 atom stereocenters. The molecular formula is C14H11ClF2N2O2. The van der Waals surface area contributed by atoms with Crippen LogP contribution in [0.15, 0.2) is 42.5 Å². The number of rotatable bonds is 5. The van der Waals surface area contributed by atoms with Crippen molar-refractivity contribution in [1.29, 1.82) is 0 Å². The number of anilines is 1. The van der Waals surface area contributed by atoms with E-state index in [1.54, 1.807) is 12.1 Å². The molecule has 0 radical (unpaired) electrons. The van der Waals surface area contributed by atoms with Crippen LogP contribution in [-0.4, -0.2) is 4.92 Å². The van der Waals surface area contributed by atoms with Crippen LogP contribution >= 0.6 is 11.6 Å². The average Bonchev–Trinajstić information content (AvgIpc) is 2.46. The van der Waals surface area contributed by atoms with Gasteiger partial charge in [-0.3, -0.25) is 10.1 Å². The third kappa shape index (κ3) is 3.88. The lowest BCUT2D eigenvalue weighted by Crippen LogP contribution is -2.01. The van der Waals surface area contributed by atoms with E-state index in [1.165, 1.54) is 30.3 Å². The zero-order chi connectivity index (χ0) is 15.4. The SMILES string of the molecule is O=[N+]([O-])c1ccc(Cl)c(NCc2ccc(C(F)F)cc2)c1. The lowest BCUT2D eigenvalue weighted by Gasteiger charge is -2.09. The molecule has 0 aromatic heterocycles. The van der Waals surface area contributed by atoms with E-state index in [-0.39, 0.29) is 11.3 Å². The van der Waals surface area contributed by atoms with Gasteiger partial charge in [-0.2, -0.15) is 0 Å². The van der Waals surface area contributed by atoms with Gasteiger partial charge in [0.15, 0.2) is 0 Å². The molecule has 0 unspecified atom stereocenters. The van der Waals surface area contributed by atoms with Crippen LogP contribution in [0.2, 0.25) is 5.02 Å². The molecule has 2 aromatic carbocycles. The van der Waals surface area contributed by atoms with Crippen molar-refractivity contribution in [2.24, 2.45) is 0 Å². The topological polar surface area (TPSA) is 55.2 Å². The number of hydrogen-bond acceptors (Lipinski definition) is 3. The Morgan fingerprint density at radius 2 is 1.86 bits per heavy atom. The van der Waals surface area contributed by atoms with E-state index in [4.69, 9.17) is 11.6 Å². The predicted molar refractivity (Wildman–Crippen MR) is 76.8 cm³/mol. The summed E-state index contributed by atoms with van der Waals surface area (Å²) in [5.74, 6) is 0. The molecule has 0 heterocycles. The maximum Gasteiger partial charge on any atom is 0.271 e. The molecule has 0 aliphatic heterocycles. The van der Waals surface area contributed by atoms with Crippen LogP contribution in [0.5, 0.6) is 0 Å². The van der Waals surface area contributed by atoms with Crippen molar-refractivity contribution < 1.29 is 13.7 Å². The highest BCUT2D eigenvalue weighted by Gasteiger charge is 2.10. The number of nitrogens with zero attached hydrogens (tertiary/aromatic N) is 1. The molecule has 0 bridgehead atoms. The van der Waals surface area contributed by atoms with Gasteiger partial charge in [0, 0.05) is 24.2 Å². The largest absolute Gasteiger partial charge is 0.380 e. The molecule has 0 spiro atoms. The second-order valence-electron chi connectivity index (χ2n) is 4.32. The van der Waals surface area contributed by atoms with E-state index >= 15 is 0 Å².